The van der Waals surface area contributed by atoms with Crippen molar-refractivity contribution in [3.05, 3.63) is 22.4 Å². The maximum atomic E-state index is 9.64. The fourth-order valence-corrected chi connectivity index (χ4v) is 2.18. The highest BCUT2D eigenvalue weighted by molar-refractivity contribution is 7.07. The molecule has 0 aliphatic carbocycles. The molecule has 0 bridgehead atoms. The van der Waals surface area contributed by atoms with Crippen molar-refractivity contribution in [2.45, 2.75) is 19.4 Å². The van der Waals surface area contributed by atoms with E-state index in [0.717, 1.165) is 13.0 Å². The molecule has 1 aromatic rings. The number of hydrogen-bond donors (Lipinski definition) is 2. The van der Waals surface area contributed by atoms with Crippen molar-refractivity contribution in [2.24, 2.45) is 0 Å². The van der Waals surface area contributed by atoms with E-state index in [1.807, 2.05) is 6.92 Å². The lowest BCUT2D eigenvalue weighted by Gasteiger charge is -2.12. The van der Waals surface area contributed by atoms with Gasteiger partial charge in [-0.1, -0.05) is 0 Å². The molecule has 1 atom stereocenters. The molecule has 2 N–H and O–H groups in total. The minimum Gasteiger partial charge on any atom is -0.389 e. The van der Waals surface area contributed by atoms with E-state index in [0.29, 0.717) is 33.0 Å². The third-order valence-corrected chi connectivity index (χ3v) is 3.17. The Morgan fingerprint density at radius 2 is 2.22 bits per heavy atom. The summed E-state index contributed by atoms with van der Waals surface area (Å²) in [6.07, 6.45) is 0.551. The maximum Gasteiger partial charge on any atom is 0.0897 e. The molecule has 1 heterocycles. The Morgan fingerprint density at radius 1 is 1.39 bits per heavy atom. The van der Waals surface area contributed by atoms with Gasteiger partial charge in [0, 0.05) is 13.2 Å². The number of thiophene rings is 1. The lowest BCUT2D eigenvalue weighted by Crippen LogP contribution is -2.32. The third-order valence-electron chi connectivity index (χ3n) is 2.44. The van der Waals surface area contributed by atoms with E-state index in [4.69, 9.17) is 9.47 Å². The summed E-state index contributed by atoms with van der Waals surface area (Å²) in [6.45, 7) is 5.60. The first-order valence-electron chi connectivity index (χ1n) is 6.38. The fourth-order valence-electron chi connectivity index (χ4n) is 1.48. The highest BCUT2D eigenvalue weighted by Crippen LogP contribution is 2.05. The van der Waals surface area contributed by atoms with Crippen molar-refractivity contribution in [3.8, 4) is 0 Å². The molecule has 0 radical (unpaired) electrons. The van der Waals surface area contributed by atoms with E-state index in [9.17, 15) is 5.11 Å². The molecule has 0 amide bonds. The number of rotatable bonds is 11. The molecule has 0 aliphatic heterocycles. The van der Waals surface area contributed by atoms with Crippen LogP contribution in [0.5, 0.6) is 0 Å². The highest BCUT2D eigenvalue weighted by atomic mass is 32.1. The van der Waals surface area contributed by atoms with E-state index in [-0.39, 0.29) is 0 Å². The second kappa shape index (κ2) is 10.5. The van der Waals surface area contributed by atoms with E-state index in [1.54, 1.807) is 11.3 Å². The average molecular weight is 273 g/mol. The van der Waals surface area contributed by atoms with Crippen LogP contribution >= 0.6 is 11.3 Å². The predicted molar refractivity (Wildman–Crippen MR) is 74.2 cm³/mol. The Bertz CT molecular complexity index is 280. The van der Waals surface area contributed by atoms with Crippen LogP contribution in [0.4, 0.5) is 0 Å². The molecule has 0 saturated heterocycles. The molecule has 1 rings (SSSR count). The first-order valence-corrected chi connectivity index (χ1v) is 7.32. The van der Waals surface area contributed by atoms with Gasteiger partial charge in [-0.15, -0.1) is 0 Å². The standard InChI is InChI=1S/C13H23NO3S/c1-2-16-6-7-17-10-13(15)9-14-5-3-12-4-8-18-11-12/h4,8,11,13-15H,2-3,5-7,9-10H2,1H3. The van der Waals surface area contributed by atoms with Gasteiger partial charge in [0.25, 0.3) is 0 Å². The molecule has 0 spiro atoms. The first-order chi connectivity index (χ1) is 8.83. The topological polar surface area (TPSA) is 50.7 Å². The summed E-state index contributed by atoms with van der Waals surface area (Å²) in [4.78, 5) is 0. The fraction of sp³-hybridized carbons (Fsp3) is 0.692. The Labute approximate surface area is 113 Å². The summed E-state index contributed by atoms with van der Waals surface area (Å²) in [6, 6.07) is 2.12. The molecule has 1 unspecified atom stereocenters. The zero-order chi connectivity index (χ0) is 13.1. The molecule has 1 aromatic heterocycles. The summed E-state index contributed by atoms with van der Waals surface area (Å²) in [5, 5.41) is 17.1. The van der Waals surface area contributed by atoms with Crippen LogP contribution in [0.25, 0.3) is 0 Å². The maximum absolute atomic E-state index is 9.64. The van der Waals surface area contributed by atoms with Gasteiger partial charge in [0.1, 0.15) is 0 Å². The van der Waals surface area contributed by atoms with Crippen LogP contribution in [0.3, 0.4) is 0 Å². The van der Waals surface area contributed by atoms with Crippen molar-refractivity contribution >= 4 is 11.3 Å². The largest absolute Gasteiger partial charge is 0.389 e. The van der Waals surface area contributed by atoms with Gasteiger partial charge in [0.05, 0.1) is 25.9 Å². The van der Waals surface area contributed by atoms with E-state index in [2.05, 4.69) is 22.1 Å². The third kappa shape index (κ3) is 7.79. The lowest BCUT2D eigenvalue weighted by atomic mass is 10.2. The van der Waals surface area contributed by atoms with Crippen molar-refractivity contribution in [3.63, 3.8) is 0 Å². The van der Waals surface area contributed by atoms with Gasteiger partial charge in [-0.25, -0.2) is 0 Å². The zero-order valence-electron chi connectivity index (χ0n) is 10.9. The van der Waals surface area contributed by atoms with Crippen LogP contribution in [-0.2, 0) is 15.9 Å². The van der Waals surface area contributed by atoms with Crippen molar-refractivity contribution < 1.29 is 14.6 Å². The van der Waals surface area contributed by atoms with E-state index in [1.165, 1.54) is 5.56 Å². The van der Waals surface area contributed by atoms with E-state index < -0.39 is 6.10 Å². The normalized spacial score (nSPS) is 12.8. The van der Waals surface area contributed by atoms with Crippen LogP contribution < -0.4 is 5.32 Å². The summed E-state index contributed by atoms with van der Waals surface area (Å²) < 4.78 is 10.4. The highest BCUT2D eigenvalue weighted by Gasteiger charge is 2.03. The SMILES string of the molecule is CCOCCOCC(O)CNCCc1ccsc1. The number of ether oxygens (including phenoxy) is 2. The summed E-state index contributed by atoms with van der Waals surface area (Å²) in [5.41, 5.74) is 1.34. The van der Waals surface area contributed by atoms with Crippen molar-refractivity contribution in [2.75, 3.05) is 39.5 Å². The van der Waals surface area contributed by atoms with Crippen molar-refractivity contribution in [1.29, 1.82) is 0 Å². The molecule has 4 nitrogen and oxygen atoms in total. The van der Waals surface area contributed by atoms with Crippen LogP contribution in [0.1, 0.15) is 12.5 Å². The molecular formula is C13H23NO3S. The summed E-state index contributed by atoms with van der Waals surface area (Å²) in [7, 11) is 0. The minimum atomic E-state index is -0.450. The molecule has 104 valence electrons. The quantitative estimate of drug-likeness (QED) is 0.597. The van der Waals surface area contributed by atoms with Gasteiger partial charge in [-0.05, 0) is 42.3 Å². The molecule has 0 aliphatic rings. The molecule has 0 saturated carbocycles. The number of aliphatic hydroxyl groups is 1. The minimum absolute atomic E-state index is 0.360. The molecular weight excluding hydrogens is 250 g/mol. The van der Waals surface area contributed by atoms with Gasteiger partial charge < -0.3 is 19.9 Å². The lowest BCUT2D eigenvalue weighted by molar-refractivity contribution is 0.00660. The van der Waals surface area contributed by atoms with Gasteiger partial charge in [0.2, 0.25) is 0 Å². The second-order valence-electron chi connectivity index (χ2n) is 4.01. The molecule has 18 heavy (non-hydrogen) atoms. The van der Waals surface area contributed by atoms with Gasteiger partial charge >= 0.3 is 0 Å². The first kappa shape index (κ1) is 15.6. The van der Waals surface area contributed by atoms with Crippen LogP contribution in [0.2, 0.25) is 0 Å². The summed E-state index contributed by atoms with van der Waals surface area (Å²) in [5.74, 6) is 0. The monoisotopic (exact) mass is 273 g/mol. The smallest absolute Gasteiger partial charge is 0.0897 e. The molecule has 0 fully saturated rings. The van der Waals surface area contributed by atoms with Gasteiger partial charge in [0.15, 0.2) is 0 Å². The number of nitrogens with one attached hydrogen (secondary N) is 1. The Hall–Kier alpha value is -0.460. The van der Waals surface area contributed by atoms with E-state index >= 15 is 0 Å². The molecule has 0 aromatic carbocycles. The van der Waals surface area contributed by atoms with Crippen molar-refractivity contribution in [1.82, 2.24) is 5.32 Å². The number of aliphatic hydroxyl groups excluding tert-OH is 1. The Kier molecular flexibility index (Phi) is 9.06. The van der Waals surface area contributed by atoms with Crippen LogP contribution in [-0.4, -0.2) is 50.7 Å². The Morgan fingerprint density at radius 3 is 2.94 bits per heavy atom. The van der Waals surface area contributed by atoms with Crippen LogP contribution in [0.15, 0.2) is 16.8 Å². The number of hydrogen-bond acceptors (Lipinski definition) is 5. The van der Waals surface area contributed by atoms with Gasteiger partial charge in [-0.3, -0.25) is 0 Å². The second-order valence-corrected chi connectivity index (χ2v) is 4.79. The Balaban J connectivity index is 1.88. The summed E-state index contributed by atoms with van der Waals surface area (Å²) >= 11 is 1.71. The molecule has 5 heteroatoms. The average Bonchev–Trinajstić information content (AvgIpc) is 2.87. The zero-order valence-corrected chi connectivity index (χ0v) is 11.7. The van der Waals surface area contributed by atoms with Gasteiger partial charge in [-0.2, -0.15) is 11.3 Å². The van der Waals surface area contributed by atoms with Crippen LogP contribution in [0, 0.1) is 0 Å². The predicted octanol–water partition coefficient (Wildman–Crippen LogP) is 1.29.